The number of ether oxygens (including phenoxy) is 4. The number of rotatable bonds is 60. The fourth-order valence-electron chi connectivity index (χ4n) is 8.96. The summed E-state index contributed by atoms with van der Waals surface area (Å²) in [6.07, 6.45) is 82.9. The Morgan fingerprint density at radius 3 is 1.05 bits per heavy atom. The Morgan fingerprint density at radius 2 is 0.704 bits per heavy atom. The SMILES string of the molecule is CC/C=C\C/C=C\C/C=C\C/C=C\C/C=C\C/C=C\C/C=C\CCCCCCCCCC(=O)OC(COC(=O)CCCCCCCCCCCCCCCCC/C=C\C/C=C\CCCCCCC)COC(OCC[N+](C)(C)C)C(=O)[O-]. The van der Waals surface area contributed by atoms with E-state index in [1.54, 1.807) is 0 Å². The van der Waals surface area contributed by atoms with Crippen LogP contribution in [-0.2, 0) is 33.3 Å². The van der Waals surface area contributed by atoms with E-state index in [-0.39, 0.29) is 38.6 Å². The maximum atomic E-state index is 12.9. The molecule has 2 unspecified atom stereocenters. The van der Waals surface area contributed by atoms with Gasteiger partial charge in [-0.1, -0.05) is 264 Å². The van der Waals surface area contributed by atoms with Crippen molar-refractivity contribution in [2.75, 3.05) is 47.5 Å². The highest BCUT2D eigenvalue weighted by Crippen LogP contribution is 2.16. The molecule has 81 heavy (non-hydrogen) atoms. The highest BCUT2D eigenvalue weighted by Gasteiger charge is 2.22. The lowest BCUT2D eigenvalue weighted by Gasteiger charge is -2.26. The van der Waals surface area contributed by atoms with Crippen molar-refractivity contribution in [3.05, 3.63) is 109 Å². The standard InChI is InChI=1S/C72H123NO8/c1-6-8-10-12-14-16-18-20-22-24-26-28-30-32-34-35-37-39-41-43-45-47-49-51-53-55-57-59-61-63-70(75)81-68(67-80-72(71(76)77)78-65-64-73(3,4)5)66-79-69(74)62-60-58-56-54-52-50-48-46-44-42-40-38-36-33-31-29-27-25-23-21-19-17-15-13-11-9-7-2/h8,10,14,16,19-22,25-28,32,34,37,39,43,45,68,72H,6-7,9,11-13,15,17-18,23-24,29-31,33,35-36,38,40-42,44,46-67H2,1-5H3/b10-8-,16-14-,21-19-,22-20-,27-25-,28-26-,34-32-,39-37-,45-43-. The molecule has 0 aromatic rings. The smallest absolute Gasteiger partial charge is 0.306 e. The van der Waals surface area contributed by atoms with Crippen molar-refractivity contribution >= 4 is 17.9 Å². The van der Waals surface area contributed by atoms with Crippen molar-refractivity contribution in [1.29, 1.82) is 0 Å². The van der Waals surface area contributed by atoms with Gasteiger partial charge in [0.25, 0.3) is 0 Å². The van der Waals surface area contributed by atoms with Gasteiger partial charge in [-0.15, -0.1) is 0 Å². The molecule has 0 aromatic carbocycles. The van der Waals surface area contributed by atoms with Crippen LogP contribution in [0.3, 0.4) is 0 Å². The molecule has 0 saturated carbocycles. The first-order valence-corrected chi connectivity index (χ1v) is 33.0. The average molecular weight is 1130 g/mol. The zero-order valence-corrected chi connectivity index (χ0v) is 52.9. The largest absolute Gasteiger partial charge is 0.545 e. The van der Waals surface area contributed by atoms with E-state index in [2.05, 4.69) is 123 Å². The summed E-state index contributed by atoms with van der Waals surface area (Å²) >= 11 is 0. The van der Waals surface area contributed by atoms with Crippen LogP contribution in [0.5, 0.6) is 0 Å². The number of nitrogens with zero attached hydrogens (tertiary/aromatic N) is 1. The van der Waals surface area contributed by atoms with Crippen LogP contribution in [-0.4, -0.2) is 82.3 Å². The average Bonchev–Trinajstić information content (AvgIpc) is 3.44. The molecule has 0 spiro atoms. The summed E-state index contributed by atoms with van der Waals surface area (Å²) in [5.41, 5.74) is 0. The van der Waals surface area contributed by atoms with Gasteiger partial charge in [0, 0.05) is 12.8 Å². The van der Waals surface area contributed by atoms with E-state index in [9.17, 15) is 19.5 Å². The fraction of sp³-hybridized carbons (Fsp3) is 0.708. The molecule has 0 saturated heterocycles. The Kier molecular flexibility index (Phi) is 58.9. The van der Waals surface area contributed by atoms with Gasteiger partial charge in [-0.25, -0.2) is 0 Å². The number of hydrogen-bond donors (Lipinski definition) is 0. The quantitative estimate of drug-likeness (QED) is 0.0195. The molecule has 0 N–H and O–H groups in total. The first-order chi connectivity index (χ1) is 39.6. The number of carboxylic acids is 1. The second-order valence-corrected chi connectivity index (χ2v) is 23.0. The van der Waals surface area contributed by atoms with Crippen LogP contribution in [0.15, 0.2) is 109 Å². The topological polar surface area (TPSA) is 111 Å². The lowest BCUT2D eigenvalue weighted by Crippen LogP contribution is -2.44. The summed E-state index contributed by atoms with van der Waals surface area (Å²) < 4.78 is 22.8. The van der Waals surface area contributed by atoms with Gasteiger partial charge in [0.15, 0.2) is 12.4 Å². The van der Waals surface area contributed by atoms with Crippen LogP contribution in [0.25, 0.3) is 0 Å². The van der Waals surface area contributed by atoms with Gasteiger partial charge in [-0.05, 0) is 103 Å². The lowest BCUT2D eigenvalue weighted by atomic mass is 10.0. The number of unbranched alkanes of at least 4 members (excludes halogenated alkanes) is 27. The third kappa shape index (κ3) is 63.4. The number of allylic oxidation sites excluding steroid dienone is 18. The highest BCUT2D eigenvalue weighted by atomic mass is 16.7. The van der Waals surface area contributed by atoms with E-state index in [1.807, 2.05) is 21.1 Å². The minimum absolute atomic E-state index is 0.140. The van der Waals surface area contributed by atoms with Crippen molar-refractivity contribution in [3.63, 3.8) is 0 Å². The van der Waals surface area contributed by atoms with E-state index in [1.165, 1.54) is 141 Å². The Hall–Kier alpha value is -4.05. The first-order valence-electron chi connectivity index (χ1n) is 33.0. The highest BCUT2D eigenvalue weighted by molar-refractivity contribution is 5.70. The molecule has 2 atom stereocenters. The van der Waals surface area contributed by atoms with Crippen LogP contribution in [0, 0.1) is 0 Å². The molecule has 9 nitrogen and oxygen atoms in total. The first kappa shape index (κ1) is 77.0. The summed E-state index contributed by atoms with van der Waals surface area (Å²) in [5, 5.41) is 11.8. The van der Waals surface area contributed by atoms with E-state index in [0.717, 1.165) is 96.3 Å². The molecule has 0 heterocycles. The van der Waals surface area contributed by atoms with Crippen molar-refractivity contribution in [2.24, 2.45) is 0 Å². The van der Waals surface area contributed by atoms with Crippen LogP contribution in [0.4, 0.5) is 0 Å². The van der Waals surface area contributed by atoms with Gasteiger partial charge < -0.3 is 33.3 Å². The van der Waals surface area contributed by atoms with Crippen molar-refractivity contribution in [2.45, 2.75) is 283 Å². The minimum atomic E-state index is -1.63. The number of likely N-dealkylation sites (N-methyl/N-ethyl adjacent to an activating group) is 1. The van der Waals surface area contributed by atoms with Crippen LogP contribution >= 0.6 is 0 Å². The van der Waals surface area contributed by atoms with E-state index >= 15 is 0 Å². The second kappa shape index (κ2) is 62.0. The molecule has 0 amide bonds. The summed E-state index contributed by atoms with van der Waals surface area (Å²) in [4.78, 5) is 37.4. The minimum Gasteiger partial charge on any atom is -0.545 e. The van der Waals surface area contributed by atoms with Crippen molar-refractivity contribution in [1.82, 2.24) is 0 Å². The molecule has 0 fully saturated rings. The van der Waals surface area contributed by atoms with Crippen LogP contribution < -0.4 is 5.11 Å². The summed E-state index contributed by atoms with van der Waals surface area (Å²) in [6, 6.07) is 0. The molecule has 0 aromatic heterocycles. The number of carboxylic acid groups (broad SMARTS) is 1. The summed E-state index contributed by atoms with van der Waals surface area (Å²) in [7, 11) is 5.92. The molecule has 0 radical (unpaired) electrons. The van der Waals surface area contributed by atoms with Gasteiger partial charge in [0.05, 0.1) is 40.3 Å². The number of aliphatic carboxylic acids is 1. The van der Waals surface area contributed by atoms with Gasteiger partial charge >= 0.3 is 11.9 Å². The molecule has 0 aliphatic carbocycles. The van der Waals surface area contributed by atoms with Gasteiger partial charge in [-0.3, -0.25) is 9.59 Å². The predicted octanol–water partition coefficient (Wildman–Crippen LogP) is 18.9. The summed E-state index contributed by atoms with van der Waals surface area (Å²) in [6.45, 7) is 4.62. The second-order valence-electron chi connectivity index (χ2n) is 23.0. The third-order valence-corrected chi connectivity index (χ3v) is 14.0. The molecule has 9 heteroatoms. The molecule has 0 aliphatic rings. The normalized spacial score (nSPS) is 13.4. The number of esters is 2. The summed E-state index contributed by atoms with van der Waals surface area (Å²) in [5.74, 6) is -2.30. The molecule has 0 aliphatic heterocycles. The monoisotopic (exact) mass is 1130 g/mol. The van der Waals surface area contributed by atoms with Gasteiger partial charge in [0.2, 0.25) is 0 Å². The molecule has 0 bridgehead atoms. The number of quaternary nitrogens is 1. The maximum Gasteiger partial charge on any atom is 0.306 e. The zero-order valence-electron chi connectivity index (χ0n) is 52.9. The number of carbonyl (C=O) groups excluding carboxylic acids is 3. The van der Waals surface area contributed by atoms with Crippen LogP contribution in [0.2, 0.25) is 0 Å². The van der Waals surface area contributed by atoms with E-state index < -0.39 is 24.3 Å². The Balaban J connectivity index is 4.21. The van der Waals surface area contributed by atoms with Crippen LogP contribution in [0.1, 0.15) is 271 Å². The maximum absolute atomic E-state index is 12.9. The predicted molar refractivity (Wildman–Crippen MR) is 343 cm³/mol. The third-order valence-electron chi connectivity index (χ3n) is 14.0. The van der Waals surface area contributed by atoms with Gasteiger partial charge in [-0.2, -0.15) is 0 Å². The number of hydrogen-bond acceptors (Lipinski definition) is 8. The molecule has 464 valence electrons. The molecular weight excluding hydrogens is 1010 g/mol. The van der Waals surface area contributed by atoms with E-state index in [4.69, 9.17) is 18.9 Å². The van der Waals surface area contributed by atoms with Gasteiger partial charge in [0.1, 0.15) is 13.2 Å². The number of carbonyl (C=O) groups is 3. The Morgan fingerprint density at radius 1 is 0.383 bits per heavy atom. The fourth-order valence-corrected chi connectivity index (χ4v) is 8.96. The molecular formula is C72H123NO8. The molecule has 0 rings (SSSR count). The van der Waals surface area contributed by atoms with Crippen molar-refractivity contribution in [3.8, 4) is 0 Å². The zero-order chi connectivity index (χ0) is 59.1. The van der Waals surface area contributed by atoms with Crippen molar-refractivity contribution < 1.29 is 42.9 Å². The lowest BCUT2D eigenvalue weighted by molar-refractivity contribution is -0.870. The Bertz CT molecular complexity index is 1700. The van der Waals surface area contributed by atoms with E-state index in [0.29, 0.717) is 17.4 Å². The Labute approximate surface area is 498 Å².